The molecule has 3 nitrogen and oxygen atoms in total. The molecule has 1 aromatic carbocycles. The summed E-state index contributed by atoms with van der Waals surface area (Å²) in [4.78, 5) is 0. The van der Waals surface area contributed by atoms with Gasteiger partial charge in [-0.15, -0.1) is 0 Å². The van der Waals surface area contributed by atoms with Crippen LogP contribution in [-0.4, -0.2) is 10.2 Å². The third kappa shape index (κ3) is 1.20. The number of phenols is 2. The first-order chi connectivity index (χ1) is 6.00. The summed E-state index contributed by atoms with van der Waals surface area (Å²) in [6.45, 7) is 5.27. The second-order valence-electron chi connectivity index (χ2n) is 3.06. The Morgan fingerprint density at radius 1 is 0.923 bits per heavy atom. The van der Waals surface area contributed by atoms with Crippen LogP contribution in [0.4, 0.5) is 0 Å². The van der Waals surface area contributed by atoms with Crippen molar-refractivity contribution >= 4 is 0 Å². The summed E-state index contributed by atoms with van der Waals surface area (Å²) in [5, 5.41) is 27.6. The van der Waals surface area contributed by atoms with E-state index >= 15 is 0 Å². The lowest BCUT2D eigenvalue weighted by Gasteiger charge is -2.10. The molecule has 1 rings (SSSR count). The van der Waals surface area contributed by atoms with Crippen LogP contribution in [0.15, 0.2) is 0 Å². The maximum Gasteiger partial charge on any atom is 0.176 e. The highest BCUT2D eigenvalue weighted by Gasteiger charge is 2.15. The average Bonchev–Trinajstić information content (AvgIpc) is 2.13. The Bertz CT molecular complexity index is 373. The minimum absolute atomic E-state index is 0.153. The highest BCUT2D eigenvalue weighted by atomic mass is 16.3. The van der Waals surface area contributed by atoms with Gasteiger partial charge in [0.25, 0.3) is 0 Å². The van der Waals surface area contributed by atoms with E-state index < -0.39 is 0 Å². The smallest absolute Gasteiger partial charge is 0.176 e. The molecule has 1 aromatic rings. The van der Waals surface area contributed by atoms with Gasteiger partial charge in [0.2, 0.25) is 0 Å². The third-order valence-electron chi connectivity index (χ3n) is 2.43. The lowest BCUT2D eigenvalue weighted by Crippen LogP contribution is -1.93. The molecule has 0 aliphatic rings. The SMILES string of the molecule is Cc1c(C)c(O)c(O)c(C#N)c1C. The van der Waals surface area contributed by atoms with Gasteiger partial charge in [-0.25, -0.2) is 0 Å². The Hall–Kier alpha value is -1.69. The normalized spacial score (nSPS) is 9.69. The molecule has 0 bridgehead atoms. The molecule has 0 fully saturated rings. The molecule has 0 spiro atoms. The zero-order valence-corrected chi connectivity index (χ0v) is 7.84. The van der Waals surface area contributed by atoms with Crippen molar-refractivity contribution in [3.05, 3.63) is 22.3 Å². The van der Waals surface area contributed by atoms with E-state index in [9.17, 15) is 10.2 Å². The molecule has 68 valence electrons. The molecule has 0 aromatic heterocycles. The first kappa shape index (κ1) is 9.40. The van der Waals surface area contributed by atoms with Crippen molar-refractivity contribution in [1.29, 1.82) is 5.26 Å². The maximum absolute atomic E-state index is 9.42. The molecule has 0 atom stereocenters. The Morgan fingerprint density at radius 3 is 1.92 bits per heavy atom. The number of aromatic hydroxyl groups is 2. The molecular formula is C10H11NO2. The largest absolute Gasteiger partial charge is 0.504 e. The lowest BCUT2D eigenvalue weighted by molar-refractivity contribution is 0.399. The first-order valence-electron chi connectivity index (χ1n) is 3.92. The van der Waals surface area contributed by atoms with E-state index in [2.05, 4.69) is 0 Å². The van der Waals surface area contributed by atoms with Crippen LogP contribution in [0.5, 0.6) is 11.5 Å². The Kier molecular flexibility index (Phi) is 2.16. The number of phenolic OH excluding ortho intramolecular Hbond substituents is 2. The van der Waals surface area contributed by atoms with Crippen molar-refractivity contribution in [3.8, 4) is 17.6 Å². The molecule has 13 heavy (non-hydrogen) atoms. The zero-order valence-electron chi connectivity index (χ0n) is 7.84. The number of nitriles is 1. The van der Waals surface area contributed by atoms with Crippen LogP contribution in [0.2, 0.25) is 0 Å². The molecule has 0 amide bonds. The number of rotatable bonds is 0. The molecule has 0 radical (unpaired) electrons. The van der Waals surface area contributed by atoms with Crippen LogP contribution in [0.3, 0.4) is 0 Å². The zero-order chi connectivity index (χ0) is 10.2. The topological polar surface area (TPSA) is 64.2 Å². The van der Waals surface area contributed by atoms with E-state index in [1.54, 1.807) is 13.8 Å². The third-order valence-corrected chi connectivity index (χ3v) is 2.43. The fourth-order valence-corrected chi connectivity index (χ4v) is 1.26. The summed E-state index contributed by atoms with van der Waals surface area (Å²) in [5.74, 6) is -0.511. The number of nitrogens with zero attached hydrogens (tertiary/aromatic N) is 1. The minimum atomic E-state index is -0.317. The van der Waals surface area contributed by atoms with E-state index in [4.69, 9.17) is 5.26 Å². The van der Waals surface area contributed by atoms with E-state index in [-0.39, 0.29) is 17.1 Å². The van der Waals surface area contributed by atoms with Crippen molar-refractivity contribution in [1.82, 2.24) is 0 Å². The predicted molar refractivity (Wildman–Crippen MR) is 48.7 cm³/mol. The first-order valence-corrected chi connectivity index (χ1v) is 3.92. The molecule has 3 heteroatoms. The van der Waals surface area contributed by atoms with Gasteiger partial charge in [-0.05, 0) is 37.5 Å². The summed E-state index contributed by atoms with van der Waals surface area (Å²) in [6, 6.07) is 1.86. The van der Waals surface area contributed by atoms with Gasteiger partial charge >= 0.3 is 0 Å². The van der Waals surface area contributed by atoms with Crippen LogP contribution in [0, 0.1) is 32.1 Å². The second-order valence-corrected chi connectivity index (χ2v) is 3.06. The summed E-state index contributed by atoms with van der Waals surface area (Å²) in [6.07, 6.45) is 0. The highest BCUT2D eigenvalue weighted by Crippen LogP contribution is 2.36. The Balaban J connectivity index is 3.69. The van der Waals surface area contributed by atoms with Gasteiger partial charge in [-0.2, -0.15) is 5.26 Å². The van der Waals surface area contributed by atoms with E-state index in [1.165, 1.54) is 0 Å². The molecule has 2 N–H and O–H groups in total. The summed E-state index contributed by atoms with van der Waals surface area (Å²) < 4.78 is 0. The second kappa shape index (κ2) is 2.98. The number of hydrogen-bond acceptors (Lipinski definition) is 3. The van der Waals surface area contributed by atoms with E-state index in [0.717, 1.165) is 11.1 Å². The van der Waals surface area contributed by atoms with Crippen molar-refractivity contribution in [2.75, 3.05) is 0 Å². The van der Waals surface area contributed by atoms with Crippen molar-refractivity contribution < 1.29 is 10.2 Å². The molecule has 0 heterocycles. The van der Waals surface area contributed by atoms with Gasteiger partial charge in [-0.3, -0.25) is 0 Å². The Labute approximate surface area is 76.9 Å². The summed E-state index contributed by atoms with van der Waals surface area (Å²) in [7, 11) is 0. The fraction of sp³-hybridized carbons (Fsp3) is 0.300. The van der Waals surface area contributed by atoms with Crippen LogP contribution in [0.25, 0.3) is 0 Å². The summed E-state index contributed by atoms with van der Waals surface area (Å²) >= 11 is 0. The molecular weight excluding hydrogens is 166 g/mol. The average molecular weight is 177 g/mol. The molecule has 0 saturated heterocycles. The number of benzene rings is 1. The van der Waals surface area contributed by atoms with Gasteiger partial charge in [0, 0.05) is 0 Å². The molecule has 0 saturated carbocycles. The van der Waals surface area contributed by atoms with Gasteiger partial charge < -0.3 is 10.2 Å². The van der Waals surface area contributed by atoms with E-state index in [1.807, 2.05) is 13.0 Å². The van der Waals surface area contributed by atoms with Crippen LogP contribution >= 0.6 is 0 Å². The number of hydrogen-bond donors (Lipinski definition) is 2. The van der Waals surface area contributed by atoms with Crippen molar-refractivity contribution in [2.45, 2.75) is 20.8 Å². The fourth-order valence-electron chi connectivity index (χ4n) is 1.26. The summed E-state index contributed by atoms with van der Waals surface area (Å²) in [5.41, 5.74) is 2.33. The van der Waals surface area contributed by atoms with Crippen LogP contribution in [0.1, 0.15) is 22.3 Å². The van der Waals surface area contributed by atoms with E-state index in [0.29, 0.717) is 5.56 Å². The predicted octanol–water partition coefficient (Wildman–Crippen LogP) is 1.89. The minimum Gasteiger partial charge on any atom is -0.504 e. The standard InChI is InChI=1S/C10H11NO2/c1-5-6(2)8(4-11)10(13)9(12)7(5)3/h12-13H,1-3H3. The monoisotopic (exact) mass is 177 g/mol. The van der Waals surface area contributed by atoms with Gasteiger partial charge in [0.1, 0.15) is 11.6 Å². The molecule has 0 aliphatic carbocycles. The van der Waals surface area contributed by atoms with Gasteiger partial charge in [0.05, 0.1) is 0 Å². The molecule has 0 unspecified atom stereocenters. The van der Waals surface area contributed by atoms with Gasteiger partial charge in [0.15, 0.2) is 11.5 Å². The lowest BCUT2D eigenvalue weighted by atomic mass is 9.97. The molecule has 0 aliphatic heterocycles. The Morgan fingerprint density at radius 2 is 1.46 bits per heavy atom. The van der Waals surface area contributed by atoms with Crippen LogP contribution in [-0.2, 0) is 0 Å². The van der Waals surface area contributed by atoms with Gasteiger partial charge in [-0.1, -0.05) is 0 Å². The van der Waals surface area contributed by atoms with Crippen molar-refractivity contribution in [3.63, 3.8) is 0 Å². The maximum atomic E-state index is 9.42. The van der Waals surface area contributed by atoms with Crippen LogP contribution < -0.4 is 0 Å². The van der Waals surface area contributed by atoms with Crippen molar-refractivity contribution in [2.24, 2.45) is 0 Å². The highest BCUT2D eigenvalue weighted by molar-refractivity contribution is 5.61. The quantitative estimate of drug-likeness (QED) is 0.595.